The van der Waals surface area contributed by atoms with Gasteiger partial charge in [-0.1, -0.05) is 121 Å². The number of rotatable bonds is 2. The first-order chi connectivity index (χ1) is 21.8. The standard InChI is InChI=1S/C40H23N3S/c1-2-12-27-23-28(18-17-24(27)9-1)36-39-37(31-15-7-8-16-34(31)44-39)42-40(41-36)43-33-22-20-25-10-3-5-13-29(25)35(33)32-21-19-26-11-4-6-14-30(26)38(32)43/h1-23H. The molecule has 10 rings (SSSR count). The minimum atomic E-state index is 0.691. The Morgan fingerprint density at radius 2 is 1.16 bits per heavy atom. The Hall–Kier alpha value is -5.58. The van der Waals surface area contributed by atoms with E-state index in [1.54, 1.807) is 11.3 Å². The first kappa shape index (κ1) is 23.9. The SMILES string of the molecule is c1ccc2cc(-c3nc(-n4c5ccc6ccccc6c5c5ccc6ccccc6c54)nc4c3sc3ccccc34)ccc2c1. The molecule has 0 bridgehead atoms. The average Bonchev–Trinajstić information content (AvgIpc) is 3.64. The summed E-state index contributed by atoms with van der Waals surface area (Å²) in [6.45, 7) is 0. The molecule has 0 aliphatic heterocycles. The van der Waals surface area contributed by atoms with E-state index in [1.807, 2.05) is 0 Å². The molecule has 10 aromatic rings. The van der Waals surface area contributed by atoms with Crippen molar-refractivity contribution in [1.29, 1.82) is 0 Å². The minimum absolute atomic E-state index is 0.691. The predicted molar refractivity (Wildman–Crippen MR) is 187 cm³/mol. The van der Waals surface area contributed by atoms with E-state index in [2.05, 4.69) is 144 Å². The third kappa shape index (κ3) is 3.31. The van der Waals surface area contributed by atoms with Crippen molar-refractivity contribution in [1.82, 2.24) is 14.5 Å². The summed E-state index contributed by atoms with van der Waals surface area (Å²) < 4.78 is 4.63. The van der Waals surface area contributed by atoms with Crippen molar-refractivity contribution >= 4 is 85.8 Å². The number of aromatic nitrogens is 3. The molecule has 0 aliphatic rings. The molecule has 0 saturated carbocycles. The van der Waals surface area contributed by atoms with Crippen LogP contribution in [0.4, 0.5) is 0 Å². The van der Waals surface area contributed by atoms with Gasteiger partial charge < -0.3 is 0 Å². The van der Waals surface area contributed by atoms with Crippen molar-refractivity contribution in [3.05, 3.63) is 140 Å². The topological polar surface area (TPSA) is 30.7 Å². The van der Waals surface area contributed by atoms with Gasteiger partial charge in [-0.2, -0.15) is 0 Å². The summed E-state index contributed by atoms with van der Waals surface area (Å²) in [4.78, 5) is 10.9. The van der Waals surface area contributed by atoms with Crippen molar-refractivity contribution in [2.24, 2.45) is 0 Å². The van der Waals surface area contributed by atoms with E-state index in [0.717, 1.165) is 37.9 Å². The van der Waals surface area contributed by atoms with Gasteiger partial charge in [-0.25, -0.2) is 9.97 Å². The Labute approximate surface area is 256 Å². The third-order valence-electron chi connectivity index (χ3n) is 8.97. The van der Waals surface area contributed by atoms with Crippen LogP contribution in [0.15, 0.2) is 140 Å². The summed E-state index contributed by atoms with van der Waals surface area (Å²) in [6.07, 6.45) is 0. The molecule has 0 aliphatic carbocycles. The minimum Gasteiger partial charge on any atom is -0.277 e. The fourth-order valence-corrected chi connectivity index (χ4v) is 8.12. The van der Waals surface area contributed by atoms with E-state index in [9.17, 15) is 0 Å². The molecule has 0 saturated heterocycles. The zero-order valence-electron chi connectivity index (χ0n) is 23.5. The van der Waals surface area contributed by atoms with Crippen LogP contribution in [-0.2, 0) is 0 Å². The van der Waals surface area contributed by atoms with Crippen LogP contribution >= 0.6 is 11.3 Å². The fourth-order valence-electron chi connectivity index (χ4n) is 6.97. The van der Waals surface area contributed by atoms with Crippen LogP contribution in [0.3, 0.4) is 0 Å². The zero-order valence-corrected chi connectivity index (χ0v) is 24.3. The van der Waals surface area contributed by atoms with Crippen molar-refractivity contribution in [2.45, 2.75) is 0 Å². The van der Waals surface area contributed by atoms with E-state index >= 15 is 0 Å². The highest BCUT2D eigenvalue weighted by Gasteiger charge is 2.22. The maximum Gasteiger partial charge on any atom is 0.235 e. The van der Waals surface area contributed by atoms with Crippen LogP contribution in [0, 0.1) is 0 Å². The number of thiophene rings is 1. The van der Waals surface area contributed by atoms with Crippen molar-refractivity contribution in [3.8, 4) is 17.2 Å². The molecule has 0 unspecified atom stereocenters. The van der Waals surface area contributed by atoms with Crippen LogP contribution in [0.2, 0.25) is 0 Å². The molecule has 4 heteroatoms. The summed E-state index contributed by atoms with van der Waals surface area (Å²) in [5.41, 5.74) is 5.30. The maximum atomic E-state index is 5.47. The highest BCUT2D eigenvalue weighted by molar-refractivity contribution is 7.26. The highest BCUT2D eigenvalue weighted by atomic mass is 32.1. The second-order valence-corrected chi connectivity index (χ2v) is 12.5. The van der Waals surface area contributed by atoms with Gasteiger partial charge in [0.25, 0.3) is 0 Å². The van der Waals surface area contributed by atoms with Gasteiger partial charge in [0.1, 0.15) is 0 Å². The van der Waals surface area contributed by atoms with Crippen LogP contribution in [0.25, 0.3) is 91.6 Å². The summed E-state index contributed by atoms with van der Waals surface area (Å²) in [5, 5.41) is 10.9. The van der Waals surface area contributed by atoms with E-state index in [-0.39, 0.29) is 0 Å². The lowest BCUT2D eigenvalue weighted by molar-refractivity contribution is 1.02. The molecule has 0 spiro atoms. The molecule has 3 aromatic heterocycles. The van der Waals surface area contributed by atoms with Gasteiger partial charge in [-0.15, -0.1) is 11.3 Å². The van der Waals surface area contributed by atoms with Crippen LogP contribution in [-0.4, -0.2) is 14.5 Å². The van der Waals surface area contributed by atoms with Crippen molar-refractivity contribution in [2.75, 3.05) is 0 Å². The number of benzene rings is 7. The Kier molecular flexibility index (Phi) is 4.87. The summed E-state index contributed by atoms with van der Waals surface area (Å²) in [5.74, 6) is 0.691. The first-order valence-corrected chi connectivity index (χ1v) is 15.7. The van der Waals surface area contributed by atoms with E-state index < -0.39 is 0 Å². The van der Waals surface area contributed by atoms with Crippen LogP contribution < -0.4 is 0 Å². The molecular weight excluding hydrogens is 555 g/mol. The Morgan fingerprint density at radius 1 is 0.500 bits per heavy atom. The number of nitrogens with zero attached hydrogens (tertiary/aromatic N) is 3. The van der Waals surface area contributed by atoms with Gasteiger partial charge in [0.05, 0.1) is 26.9 Å². The third-order valence-corrected chi connectivity index (χ3v) is 10.1. The summed E-state index contributed by atoms with van der Waals surface area (Å²) in [7, 11) is 0. The van der Waals surface area contributed by atoms with Gasteiger partial charge in [-0.05, 0) is 45.1 Å². The molecule has 0 N–H and O–H groups in total. The lowest BCUT2D eigenvalue weighted by atomic mass is 10.0. The van der Waals surface area contributed by atoms with Gasteiger partial charge in [0.15, 0.2) is 0 Å². The second kappa shape index (κ2) is 8.96. The van der Waals surface area contributed by atoms with E-state index in [1.165, 1.54) is 47.8 Å². The first-order valence-electron chi connectivity index (χ1n) is 14.8. The summed E-state index contributed by atoms with van der Waals surface area (Å²) in [6, 6.07) is 50.0. The Bertz CT molecular complexity index is 2790. The molecule has 0 radical (unpaired) electrons. The lowest BCUT2D eigenvalue weighted by Crippen LogP contribution is -2.03. The molecule has 0 atom stereocenters. The number of hydrogen-bond acceptors (Lipinski definition) is 3. The van der Waals surface area contributed by atoms with Crippen LogP contribution in [0.1, 0.15) is 0 Å². The monoisotopic (exact) mass is 577 g/mol. The quantitative estimate of drug-likeness (QED) is 0.205. The zero-order chi connectivity index (χ0) is 28.8. The normalized spacial score (nSPS) is 12.1. The maximum absolute atomic E-state index is 5.47. The largest absolute Gasteiger partial charge is 0.277 e. The van der Waals surface area contributed by atoms with Gasteiger partial charge >= 0.3 is 0 Å². The van der Waals surface area contributed by atoms with E-state index in [0.29, 0.717) is 5.95 Å². The molecular formula is C40H23N3S. The number of fused-ring (bicyclic) bond motifs is 11. The molecule has 0 fully saturated rings. The lowest BCUT2D eigenvalue weighted by Gasteiger charge is -2.12. The smallest absolute Gasteiger partial charge is 0.235 e. The predicted octanol–water partition coefficient (Wildman–Crippen LogP) is 11.1. The highest BCUT2D eigenvalue weighted by Crippen LogP contribution is 2.42. The van der Waals surface area contributed by atoms with E-state index in [4.69, 9.17) is 9.97 Å². The van der Waals surface area contributed by atoms with Gasteiger partial charge in [-0.3, -0.25) is 4.57 Å². The molecule has 44 heavy (non-hydrogen) atoms. The van der Waals surface area contributed by atoms with Gasteiger partial charge in [0.2, 0.25) is 5.95 Å². The number of hydrogen-bond donors (Lipinski definition) is 0. The fraction of sp³-hybridized carbons (Fsp3) is 0. The summed E-state index contributed by atoms with van der Waals surface area (Å²) >= 11 is 1.77. The van der Waals surface area contributed by atoms with Gasteiger partial charge in [0, 0.05) is 31.8 Å². The molecule has 3 heterocycles. The Balaban J connectivity index is 1.40. The molecule has 204 valence electrons. The average molecular weight is 578 g/mol. The molecule has 3 nitrogen and oxygen atoms in total. The molecule has 0 amide bonds. The second-order valence-electron chi connectivity index (χ2n) is 11.4. The van der Waals surface area contributed by atoms with Crippen molar-refractivity contribution in [3.63, 3.8) is 0 Å². The molecule has 7 aromatic carbocycles. The Morgan fingerprint density at radius 3 is 2.02 bits per heavy atom. The van der Waals surface area contributed by atoms with Crippen LogP contribution in [0.5, 0.6) is 0 Å². The van der Waals surface area contributed by atoms with Crippen molar-refractivity contribution < 1.29 is 0 Å².